The zero-order valence-corrected chi connectivity index (χ0v) is 11.5. The van der Waals surface area contributed by atoms with Crippen LogP contribution in [0.5, 0.6) is 0 Å². The lowest BCUT2D eigenvalue weighted by Crippen LogP contribution is -2.60. The summed E-state index contributed by atoms with van der Waals surface area (Å²) in [6, 6.07) is 0. The molecule has 0 amide bonds. The van der Waals surface area contributed by atoms with Crippen molar-refractivity contribution in [1.82, 2.24) is 0 Å². The quantitative estimate of drug-likeness (QED) is 0.470. The molecule has 6 nitrogen and oxygen atoms in total. The van der Waals surface area contributed by atoms with Gasteiger partial charge in [-0.2, -0.15) is 17.2 Å². The molecular formula is C12H12F2O6S. The maximum Gasteiger partial charge on any atom is 0.402 e. The Labute approximate surface area is 118 Å². The summed E-state index contributed by atoms with van der Waals surface area (Å²) in [6.45, 7) is -1.73. The van der Waals surface area contributed by atoms with Gasteiger partial charge >= 0.3 is 21.3 Å². The first-order chi connectivity index (χ1) is 9.58. The van der Waals surface area contributed by atoms with Gasteiger partial charge in [0.1, 0.15) is 5.78 Å². The number of ketones is 1. The lowest BCUT2D eigenvalue weighted by Gasteiger charge is -2.57. The predicted octanol–water partition coefficient (Wildman–Crippen LogP) is 0.936. The van der Waals surface area contributed by atoms with Crippen molar-refractivity contribution in [3.63, 3.8) is 0 Å². The van der Waals surface area contributed by atoms with Gasteiger partial charge in [-0.1, -0.05) is 6.08 Å². The Kier molecular flexibility index (Phi) is 2.85. The summed E-state index contributed by atoms with van der Waals surface area (Å²) >= 11 is 0. The van der Waals surface area contributed by atoms with Crippen molar-refractivity contribution in [3.05, 3.63) is 11.6 Å². The molecule has 0 radical (unpaired) electrons. The molecule has 116 valence electrons. The fourth-order valence-corrected chi connectivity index (χ4v) is 3.70. The third-order valence-electron chi connectivity index (χ3n) is 4.58. The minimum Gasteiger partial charge on any atom is -0.457 e. The van der Waals surface area contributed by atoms with Crippen LogP contribution in [0.2, 0.25) is 0 Å². The smallest absolute Gasteiger partial charge is 0.402 e. The largest absolute Gasteiger partial charge is 0.457 e. The minimum absolute atomic E-state index is 0.0745. The number of hydrogen-bond acceptors (Lipinski definition) is 5. The molecule has 0 aliphatic heterocycles. The van der Waals surface area contributed by atoms with E-state index in [1.165, 1.54) is 0 Å². The number of fused-ring (bicyclic) bond motifs is 1. The Morgan fingerprint density at radius 1 is 1.48 bits per heavy atom. The van der Waals surface area contributed by atoms with Crippen molar-refractivity contribution < 1.29 is 36.1 Å². The standard InChI is InChI=1S/C12H12F2O6S/c13-12(14,21(17,18)19)5-20-10(16)11-3-6-1-2-8(11)7(4-11)9(6)15/h2,6-7H,1,3-5H2,(H,17,18,19). The highest BCUT2D eigenvalue weighted by atomic mass is 32.2. The second-order valence-electron chi connectivity index (χ2n) is 5.73. The van der Waals surface area contributed by atoms with Crippen molar-refractivity contribution in [2.75, 3.05) is 6.61 Å². The van der Waals surface area contributed by atoms with Crippen molar-refractivity contribution >= 4 is 21.9 Å². The SMILES string of the molecule is O=C1C2CC=C3C1CC3(C(=O)OCC(F)(F)S(=O)(=O)O)C2. The van der Waals surface area contributed by atoms with Crippen LogP contribution in [0.3, 0.4) is 0 Å². The number of alkyl halides is 2. The summed E-state index contributed by atoms with van der Waals surface area (Å²) in [6.07, 6.45) is 2.77. The second kappa shape index (κ2) is 4.10. The van der Waals surface area contributed by atoms with Gasteiger partial charge < -0.3 is 4.74 Å². The second-order valence-corrected chi connectivity index (χ2v) is 7.27. The van der Waals surface area contributed by atoms with Gasteiger partial charge in [-0.25, -0.2) is 0 Å². The molecule has 5 aliphatic carbocycles. The lowest BCUT2D eigenvalue weighted by atomic mass is 9.44. The Hall–Kier alpha value is -1.35. The van der Waals surface area contributed by atoms with Crippen LogP contribution in [0.4, 0.5) is 8.78 Å². The molecular weight excluding hydrogens is 310 g/mol. The first-order valence-electron chi connectivity index (χ1n) is 6.35. The number of Topliss-reactive ketones (excluding diaryl/α,β-unsaturated/α-hetero) is 1. The summed E-state index contributed by atoms with van der Waals surface area (Å²) in [4.78, 5) is 23.9. The summed E-state index contributed by atoms with van der Waals surface area (Å²) in [5.74, 6) is -1.50. The third kappa shape index (κ3) is 1.87. The summed E-state index contributed by atoms with van der Waals surface area (Å²) in [5.41, 5.74) is -0.452. The number of carbonyl (C=O) groups excluding carboxylic acids is 2. The molecule has 0 aromatic rings. The highest BCUT2D eigenvalue weighted by molar-refractivity contribution is 7.86. The van der Waals surface area contributed by atoms with Crippen LogP contribution in [0.1, 0.15) is 19.3 Å². The van der Waals surface area contributed by atoms with Gasteiger partial charge in [0.15, 0.2) is 6.61 Å². The lowest BCUT2D eigenvalue weighted by molar-refractivity contribution is -0.172. The first-order valence-corrected chi connectivity index (χ1v) is 7.79. The van der Waals surface area contributed by atoms with Gasteiger partial charge in [-0.15, -0.1) is 0 Å². The molecule has 3 fully saturated rings. The zero-order valence-electron chi connectivity index (χ0n) is 10.7. The average Bonchev–Trinajstić information content (AvgIpc) is 2.35. The number of ether oxygens (including phenoxy) is 1. The maximum absolute atomic E-state index is 13.1. The summed E-state index contributed by atoms with van der Waals surface area (Å²) in [7, 11) is -5.63. The van der Waals surface area contributed by atoms with E-state index < -0.39 is 33.4 Å². The number of rotatable bonds is 4. The fraction of sp³-hybridized carbons (Fsp3) is 0.667. The molecule has 3 unspecified atom stereocenters. The number of carbonyl (C=O) groups is 2. The van der Waals surface area contributed by atoms with E-state index in [0.29, 0.717) is 12.0 Å². The van der Waals surface area contributed by atoms with E-state index >= 15 is 0 Å². The van der Waals surface area contributed by atoms with E-state index in [0.717, 1.165) is 0 Å². The number of halogens is 2. The van der Waals surface area contributed by atoms with Crippen molar-refractivity contribution in [2.45, 2.75) is 24.5 Å². The van der Waals surface area contributed by atoms with Gasteiger partial charge in [0.2, 0.25) is 0 Å². The molecule has 5 aliphatic rings. The number of allylic oxidation sites excluding steroid dienone is 1. The molecule has 1 N–H and O–H groups in total. The zero-order chi connectivity index (χ0) is 15.6. The highest BCUT2D eigenvalue weighted by Crippen LogP contribution is 2.64. The van der Waals surface area contributed by atoms with E-state index in [1.807, 2.05) is 0 Å². The predicted molar refractivity (Wildman–Crippen MR) is 63.8 cm³/mol. The van der Waals surface area contributed by atoms with E-state index in [-0.39, 0.29) is 30.5 Å². The van der Waals surface area contributed by atoms with Crippen LogP contribution < -0.4 is 0 Å². The van der Waals surface area contributed by atoms with Crippen LogP contribution in [0.25, 0.3) is 0 Å². The average molecular weight is 322 g/mol. The summed E-state index contributed by atoms with van der Waals surface area (Å²) in [5, 5.41) is -4.54. The monoisotopic (exact) mass is 322 g/mol. The molecule has 0 saturated heterocycles. The number of hydrogen-bond donors (Lipinski definition) is 1. The molecule has 0 aromatic carbocycles. The molecule has 9 heteroatoms. The van der Waals surface area contributed by atoms with Gasteiger partial charge in [0, 0.05) is 11.8 Å². The van der Waals surface area contributed by atoms with Gasteiger partial charge in [0.25, 0.3) is 0 Å². The van der Waals surface area contributed by atoms with Crippen LogP contribution in [0, 0.1) is 17.3 Å². The fourth-order valence-electron chi connectivity index (χ4n) is 3.49. The molecule has 0 aromatic heterocycles. The van der Waals surface area contributed by atoms with E-state index in [9.17, 15) is 26.8 Å². The van der Waals surface area contributed by atoms with Crippen molar-refractivity contribution in [3.8, 4) is 0 Å². The Bertz CT molecular complexity index is 667. The first kappa shape index (κ1) is 14.6. The maximum atomic E-state index is 13.1. The topological polar surface area (TPSA) is 97.7 Å². The minimum atomic E-state index is -5.63. The van der Waals surface area contributed by atoms with Crippen molar-refractivity contribution in [1.29, 1.82) is 0 Å². The van der Waals surface area contributed by atoms with E-state index in [1.54, 1.807) is 6.08 Å². The molecule has 3 atom stereocenters. The third-order valence-corrected chi connectivity index (χ3v) is 5.46. The van der Waals surface area contributed by atoms with Crippen LogP contribution in [-0.4, -0.2) is 36.6 Å². The van der Waals surface area contributed by atoms with E-state index in [2.05, 4.69) is 4.74 Å². The molecule has 0 heterocycles. The Morgan fingerprint density at radius 3 is 2.67 bits per heavy atom. The highest BCUT2D eigenvalue weighted by Gasteiger charge is 2.65. The van der Waals surface area contributed by atoms with Gasteiger partial charge in [0.05, 0.1) is 5.41 Å². The van der Waals surface area contributed by atoms with Gasteiger partial charge in [-0.05, 0) is 24.8 Å². The molecule has 3 saturated carbocycles. The molecule has 5 rings (SSSR count). The van der Waals surface area contributed by atoms with E-state index in [4.69, 9.17) is 4.55 Å². The normalized spacial score (nSPS) is 34.2. The number of esters is 1. The van der Waals surface area contributed by atoms with Crippen LogP contribution in [0.15, 0.2) is 11.6 Å². The summed E-state index contributed by atoms with van der Waals surface area (Å²) < 4.78 is 59.8. The van der Waals surface area contributed by atoms with Crippen LogP contribution in [-0.2, 0) is 24.4 Å². The molecule has 4 bridgehead atoms. The molecule has 21 heavy (non-hydrogen) atoms. The molecule has 0 spiro atoms. The van der Waals surface area contributed by atoms with Crippen LogP contribution >= 0.6 is 0 Å². The van der Waals surface area contributed by atoms with Gasteiger partial charge in [-0.3, -0.25) is 14.1 Å². The Balaban J connectivity index is 1.73. The van der Waals surface area contributed by atoms with Crippen molar-refractivity contribution in [2.24, 2.45) is 17.3 Å². The Morgan fingerprint density at radius 2 is 2.14 bits per heavy atom.